The first-order valence-corrected chi connectivity index (χ1v) is 12.1. The molecule has 0 spiro atoms. The normalized spacial score (nSPS) is 15.8. The number of benzene rings is 1. The van der Waals surface area contributed by atoms with Gasteiger partial charge in [-0.25, -0.2) is 18.4 Å². The summed E-state index contributed by atoms with van der Waals surface area (Å²) in [5, 5.41) is 4.71. The molecule has 0 amide bonds. The van der Waals surface area contributed by atoms with Crippen molar-refractivity contribution in [2.45, 2.75) is 0 Å². The van der Waals surface area contributed by atoms with Crippen LogP contribution in [0.15, 0.2) is 60.9 Å². The van der Waals surface area contributed by atoms with Gasteiger partial charge in [0.15, 0.2) is 9.84 Å². The van der Waals surface area contributed by atoms with Gasteiger partial charge in [-0.2, -0.15) is 0 Å². The Morgan fingerprint density at radius 3 is 2.61 bits per heavy atom. The fraction of sp³-hybridized carbons (Fsp3) is 0.182. The van der Waals surface area contributed by atoms with Crippen LogP contribution in [-0.2, 0) is 9.84 Å². The molecule has 1 aliphatic rings. The first-order chi connectivity index (χ1) is 15.0. The zero-order chi connectivity index (χ0) is 21.4. The van der Waals surface area contributed by atoms with Gasteiger partial charge >= 0.3 is 0 Å². The van der Waals surface area contributed by atoms with Gasteiger partial charge in [-0.05, 0) is 54.1 Å². The first-order valence-electron chi connectivity index (χ1n) is 9.89. The second kappa shape index (κ2) is 7.86. The number of pyridine rings is 2. The van der Waals surface area contributed by atoms with Crippen molar-refractivity contribution in [2.75, 3.05) is 34.8 Å². The average molecular weight is 454 g/mol. The second-order valence-corrected chi connectivity index (χ2v) is 10.2. The fourth-order valence-corrected chi connectivity index (χ4v) is 5.20. The Bertz CT molecular complexity index is 1340. The third-order valence-electron chi connectivity index (χ3n) is 5.41. The van der Waals surface area contributed by atoms with Gasteiger partial charge in [0.25, 0.3) is 0 Å². The molecule has 4 heterocycles. The second-order valence-electron chi connectivity index (χ2n) is 7.48. The highest BCUT2D eigenvalue weighted by atomic mass is 35.5. The van der Waals surface area contributed by atoms with Crippen LogP contribution >= 0.6 is 11.6 Å². The molecular formula is C22H20ClN5O2S. The van der Waals surface area contributed by atoms with Gasteiger partial charge in [0.05, 0.1) is 11.5 Å². The van der Waals surface area contributed by atoms with Gasteiger partial charge in [-0.15, -0.1) is 0 Å². The van der Waals surface area contributed by atoms with Crippen LogP contribution < -0.4 is 10.2 Å². The monoisotopic (exact) mass is 453 g/mol. The number of aromatic nitrogens is 3. The van der Waals surface area contributed by atoms with E-state index in [4.69, 9.17) is 11.6 Å². The molecule has 0 radical (unpaired) electrons. The number of nitrogens with zero attached hydrogens (tertiary/aromatic N) is 3. The highest BCUT2D eigenvalue weighted by Gasteiger charge is 2.21. The molecule has 0 unspecified atom stereocenters. The summed E-state index contributed by atoms with van der Waals surface area (Å²) in [6.07, 6.45) is 3.67. The van der Waals surface area contributed by atoms with Crippen LogP contribution in [0.3, 0.4) is 0 Å². The molecule has 2 N–H and O–H groups in total. The molecule has 1 saturated heterocycles. The van der Waals surface area contributed by atoms with Crippen LogP contribution in [0, 0.1) is 0 Å². The average Bonchev–Trinajstić information content (AvgIpc) is 3.18. The van der Waals surface area contributed by atoms with E-state index in [2.05, 4.69) is 25.2 Å². The Kier molecular flexibility index (Phi) is 5.03. The summed E-state index contributed by atoms with van der Waals surface area (Å²) in [6.45, 7) is 1.04. The van der Waals surface area contributed by atoms with Crippen molar-refractivity contribution in [3.8, 4) is 11.1 Å². The highest BCUT2D eigenvalue weighted by molar-refractivity contribution is 7.91. The molecule has 5 rings (SSSR count). The molecule has 0 bridgehead atoms. The van der Waals surface area contributed by atoms with E-state index in [-0.39, 0.29) is 11.5 Å². The third-order valence-corrected chi connectivity index (χ3v) is 7.21. The largest absolute Gasteiger partial charge is 0.369 e. The van der Waals surface area contributed by atoms with Crippen molar-refractivity contribution in [3.63, 3.8) is 0 Å². The van der Waals surface area contributed by atoms with Crippen molar-refractivity contribution >= 4 is 49.7 Å². The molecule has 0 atom stereocenters. The summed E-state index contributed by atoms with van der Waals surface area (Å²) in [5.41, 5.74) is 4.64. The molecule has 31 heavy (non-hydrogen) atoms. The Labute approximate surface area is 185 Å². The predicted molar refractivity (Wildman–Crippen MR) is 125 cm³/mol. The maximum absolute atomic E-state index is 11.6. The molecule has 0 saturated carbocycles. The van der Waals surface area contributed by atoms with Crippen molar-refractivity contribution in [2.24, 2.45) is 0 Å². The number of anilines is 3. The zero-order valence-electron chi connectivity index (χ0n) is 16.5. The Morgan fingerprint density at radius 1 is 1.06 bits per heavy atom. The van der Waals surface area contributed by atoms with Crippen LogP contribution in [0.1, 0.15) is 0 Å². The molecule has 4 aromatic rings. The molecule has 3 aromatic heterocycles. The predicted octanol–water partition coefficient (Wildman–Crippen LogP) is 4.26. The standard InChI is InChI=1S/C22H20ClN5O2S/c23-20-12-15(19-14-25-22-18(19)2-1-7-24-22)13-21(27-20)26-16-3-5-17(6-4-16)28-8-10-31(29,30)11-9-28/h1-7,12-14H,8-11H2,(H,24,25)(H,26,27). The maximum atomic E-state index is 11.6. The molecule has 0 aliphatic carbocycles. The number of fused-ring (bicyclic) bond motifs is 1. The minimum atomic E-state index is -2.89. The number of halogens is 1. The van der Waals surface area contributed by atoms with Crippen LogP contribution in [0.5, 0.6) is 0 Å². The van der Waals surface area contributed by atoms with Gasteiger partial charge in [0.1, 0.15) is 16.6 Å². The van der Waals surface area contributed by atoms with E-state index < -0.39 is 9.84 Å². The van der Waals surface area contributed by atoms with E-state index >= 15 is 0 Å². The van der Waals surface area contributed by atoms with E-state index in [1.165, 1.54) is 0 Å². The van der Waals surface area contributed by atoms with Crippen molar-refractivity contribution < 1.29 is 8.42 Å². The Hall–Kier alpha value is -3.10. The summed E-state index contributed by atoms with van der Waals surface area (Å²) in [7, 11) is -2.89. The highest BCUT2D eigenvalue weighted by Crippen LogP contribution is 2.31. The Balaban J connectivity index is 1.37. The van der Waals surface area contributed by atoms with Crippen molar-refractivity contribution in [1.29, 1.82) is 0 Å². The summed E-state index contributed by atoms with van der Waals surface area (Å²) < 4.78 is 23.3. The van der Waals surface area contributed by atoms with Gasteiger partial charge in [-0.3, -0.25) is 0 Å². The lowest BCUT2D eigenvalue weighted by Gasteiger charge is -2.28. The lowest BCUT2D eigenvalue weighted by Crippen LogP contribution is -2.40. The number of sulfone groups is 1. The summed E-state index contributed by atoms with van der Waals surface area (Å²) in [6, 6.07) is 15.6. The summed E-state index contributed by atoms with van der Waals surface area (Å²) >= 11 is 6.30. The zero-order valence-corrected chi connectivity index (χ0v) is 18.1. The minimum absolute atomic E-state index is 0.200. The van der Waals surface area contributed by atoms with E-state index in [9.17, 15) is 8.42 Å². The molecule has 158 valence electrons. The molecule has 1 aliphatic heterocycles. The number of aromatic amines is 1. The third kappa shape index (κ3) is 4.22. The van der Waals surface area contributed by atoms with Gasteiger partial charge in [0.2, 0.25) is 0 Å². The fourth-order valence-electron chi connectivity index (χ4n) is 3.79. The maximum Gasteiger partial charge on any atom is 0.153 e. The topological polar surface area (TPSA) is 91.0 Å². The molecular weight excluding hydrogens is 434 g/mol. The van der Waals surface area contributed by atoms with Crippen molar-refractivity contribution in [1.82, 2.24) is 15.0 Å². The number of hydrogen-bond donors (Lipinski definition) is 2. The lowest BCUT2D eigenvalue weighted by molar-refractivity contribution is 0.587. The van der Waals surface area contributed by atoms with E-state index in [0.29, 0.717) is 24.1 Å². The minimum Gasteiger partial charge on any atom is -0.369 e. The van der Waals surface area contributed by atoms with Gasteiger partial charge in [0, 0.05) is 47.8 Å². The summed E-state index contributed by atoms with van der Waals surface area (Å²) in [4.78, 5) is 14.0. The SMILES string of the molecule is O=S1(=O)CCN(c2ccc(Nc3cc(-c4c[nH]c5ncccc45)cc(Cl)n3)cc2)CC1. The molecule has 7 nitrogen and oxygen atoms in total. The quantitative estimate of drug-likeness (QED) is 0.449. The lowest BCUT2D eigenvalue weighted by atomic mass is 10.1. The van der Waals surface area contributed by atoms with Gasteiger partial charge in [-0.1, -0.05) is 11.6 Å². The summed E-state index contributed by atoms with van der Waals surface area (Å²) in [5.74, 6) is 1.04. The van der Waals surface area contributed by atoms with E-state index in [0.717, 1.165) is 33.5 Å². The van der Waals surface area contributed by atoms with Gasteiger partial charge < -0.3 is 15.2 Å². The Morgan fingerprint density at radius 2 is 1.84 bits per heavy atom. The van der Waals surface area contributed by atoms with Crippen LogP contribution in [0.4, 0.5) is 17.2 Å². The van der Waals surface area contributed by atoms with Crippen LogP contribution in [-0.4, -0.2) is 48.0 Å². The van der Waals surface area contributed by atoms with Crippen LogP contribution in [0.25, 0.3) is 22.2 Å². The van der Waals surface area contributed by atoms with E-state index in [1.54, 1.807) is 6.20 Å². The molecule has 9 heteroatoms. The first kappa shape index (κ1) is 19.8. The molecule has 1 aromatic carbocycles. The number of nitrogens with one attached hydrogen (secondary N) is 2. The number of hydrogen-bond acceptors (Lipinski definition) is 6. The number of rotatable bonds is 4. The smallest absolute Gasteiger partial charge is 0.153 e. The van der Waals surface area contributed by atoms with E-state index in [1.807, 2.05) is 54.7 Å². The molecule has 1 fully saturated rings. The van der Waals surface area contributed by atoms with Crippen LogP contribution in [0.2, 0.25) is 5.15 Å². The van der Waals surface area contributed by atoms with Crippen molar-refractivity contribution in [3.05, 3.63) is 66.1 Å². The number of H-pyrrole nitrogens is 1.